The van der Waals surface area contributed by atoms with Gasteiger partial charge in [-0.1, -0.05) is 12.0 Å². The lowest BCUT2D eigenvalue weighted by Gasteiger charge is -2.30. The quantitative estimate of drug-likeness (QED) is 0.620. The molecule has 2 rings (SSSR count). The standard InChI is InChI=1S/C17H19N3O4/c1-4-7-17(2,19-16(23)18-11-21)10-20-9-12-5-6-13(24-3)8-14(12)15(20)22/h5-6,8,11H,9-10H2,1-3H3,(H2,18,19,21,23)/t17-/m1/s1. The fourth-order valence-corrected chi connectivity index (χ4v) is 2.70. The van der Waals surface area contributed by atoms with Crippen LogP contribution in [0, 0.1) is 11.8 Å². The molecule has 0 radical (unpaired) electrons. The number of nitrogens with one attached hydrogen (secondary N) is 2. The number of imide groups is 1. The summed E-state index contributed by atoms with van der Waals surface area (Å²) < 4.78 is 5.15. The second-order valence-corrected chi connectivity index (χ2v) is 5.61. The van der Waals surface area contributed by atoms with Gasteiger partial charge in [0.15, 0.2) is 0 Å². The molecule has 1 aliphatic heterocycles. The molecule has 0 saturated heterocycles. The van der Waals surface area contributed by atoms with Crippen molar-refractivity contribution in [2.45, 2.75) is 25.9 Å². The van der Waals surface area contributed by atoms with Crippen molar-refractivity contribution >= 4 is 18.3 Å². The second-order valence-electron chi connectivity index (χ2n) is 5.61. The molecular weight excluding hydrogens is 310 g/mol. The smallest absolute Gasteiger partial charge is 0.322 e. The van der Waals surface area contributed by atoms with Crippen molar-refractivity contribution in [1.29, 1.82) is 0 Å². The highest BCUT2D eigenvalue weighted by Crippen LogP contribution is 2.27. The number of urea groups is 1. The number of amides is 4. The molecule has 1 heterocycles. The topological polar surface area (TPSA) is 87.7 Å². The molecule has 7 heteroatoms. The molecule has 126 valence electrons. The van der Waals surface area contributed by atoms with E-state index in [1.165, 1.54) is 0 Å². The van der Waals surface area contributed by atoms with E-state index in [1.54, 1.807) is 38.0 Å². The monoisotopic (exact) mass is 329 g/mol. The molecule has 1 atom stereocenters. The van der Waals surface area contributed by atoms with Crippen LogP contribution < -0.4 is 15.4 Å². The number of ether oxygens (including phenoxy) is 1. The van der Waals surface area contributed by atoms with Crippen LogP contribution in [0.25, 0.3) is 0 Å². The van der Waals surface area contributed by atoms with Gasteiger partial charge in [0.1, 0.15) is 11.3 Å². The number of rotatable bonds is 5. The molecule has 0 aliphatic carbocycles. The number of hydrogen-bond acceptors (Lipinski definition) is 4. The van der Waals surface area contributed by atoms with Gasteiger partial charge >= 0.3 is 6.03 Å². The van der Waals surface area contributed by atoms with E-state index in [0.717, 1.165) is 5.56 Å². The van der Waals surface area contributed by atoms with Crippen molar-refractivity contribution in [3.8, 4) is 17.6 Å². The molecule has 2 N–H and O–H groups in total. The Balaban J connectivity index is 2.19. The Labute approximate surface area is 140 Å². The molecule has 0 spiro atoms. The van der Waals surface area contributed by atoms with E-state index >= 15 is 0 Å². The van der Waals surface area contributed by atoms with Crippen LogP contribution in [-0.2, 0) is 11.3 Å². The SMILES string of the molecule is CC#C[C@](C)(CN1Cc2ccc(OC)cc2C1=O)NC(=O)NC=O. The maximum atomic E-state index is 12.6. The number of nitrogens with zero attached hydrogens (tertiary/aromatic N) is 1. The van der Waals surface area contributed by atoms with Crippen LogP contribution >= 0.6 is 0 Å². The van der Waals surface area contributed by atoms with Crippen molar-refractivity contribution in [2.24, 2.45) is 0 Å². The van der Waals surface area contributed by atoms with Gasteiger partial charge in [0.2, 0.25) is 6.41 Å². The zero-order chi connectivity index (χ0) is 17.7. The van der Waals surface area contributed by atoms with Crippen molar-refractivity contribution < 1.29 is 19.1 Å². The van der Waals surface area contributed by atoms with Gasteiger partial charge in [-0.15, -0.1) is 5.92 Å². The van der Waals surface area contributed by atoms with Gasteiger partial charge in [-0.05, 0) is 31.5 Å². The summed E-state index contributed by atoms with van der Waals surface area (Å²) in [7, 11) is 1.54. The largest absolute Gasteiger partial charge is 0.497 e. The molecule has 0 bridgehead atoms. The molecule has 1 aromatic carbocycles. The van der Waals surface area contributed by atoms with Crippen LogP contribution in [0.4, 0.5) is 4.79 Å². The minimum absolute atomic E-state index is 0.148. The Morgan fingerprint density at radius 3 is 2.88 bits per heavy atom. The van der Waals surface area contributed by atoms with Gasteiger partial charge in [0.05, 0.1) is 13.7 Å². The fourth-order valence-electron chi connectivity index (χ4n) is 2.70. The molecule has 0 saturated carbocycles. The normalized spacial score (nSPS) is 14.8. The number of fused-ring (bicyclic) bond motifs is 1. The first-order valence-corrected chi connectivity index (χ1v) is 7.35. The Morgan fingerprint density at radius 1 is 1.50 bits per heavy atom. The first kappa shape index (κ1) is 17.3. The molecule has 0 fully saturated rings. The van der Waals surface area contributed by atoms with Crippen molar-refractivity contribution in [1.82, 2.24) is 15.5 Å². The second kappa shape index (κ2) is 7.04. The molecule has 1 aliphatic rings. The van der Waals surface area contributed by atoms with Crippen LogP contribution in [0.2, 0.25) is 0 Å². The highest BCUT2D eigenvalue weighted by atomic mass is 16.5. The Kier molecular flexibility index (Phi) is 5.09. The number of methoxy groups -OCH3 is 1. The Bertz CT molecular complexity index is 735. The van der Waals surface area contributed by atoms with Crippen LogP contribution in [0.3, 0.4) is 0 Å². The predicted octanol–water partition coefficient (Wildman–Crippen LogP) is 0.889. The van der Waals surface area contributed by atoms with Crippen LogP contribution in [0.1, 0.15) is 29.8 Å². The van der Waals surface area contributed by atoms with Crippen molar-refractivity contribution in [2.75, 3.05) is 13.7 Å². The summed E-state index contributed by atoms with van der Waals surface area (Å²) in [6, 6.07) is 4.69. The molecule has 0 aromatic heterocycles. The summed E-state index contributed by atoms with van der Waals surface area (Å²) in [4.78, 5) is 36.2. The van der Waals surface area contributed by atoms with Crippen molar-refractivity contribution in [3.05, 3.63) is 29.3 Å². The van der Waals surface area contributed by atoms with E-state index in [-0.39, 0.29) is 18.9 Å². The first-order chi connectivity index (χ1) is 11.4. The molecule has 4 amide bonds. The molecule has 0 unspecified atom stereocenters. The van der Waals surface area contributed by atoms with E-state index < -0.39 is 11.6 Å². The summed E-state index contributed by atoms with van der Waals surface area (Å²) in [6.45, 7) is 3.96. The summed E-state index contributed by atoms with van der Waals surface area (Å²) in [5, 5.41) is 4.63. The third kappa shape index (κ3) is 3.66. The Morgan fingerprint density at radius 2 is 2.25 bits per heavy atom. The maximum Gasteiger partial charge on any atom is 0.322 e. The van der Waals surface area contributed by atoms with Gasteiger partial charge in [0, 0.05) is 12.1 Å². The average Bonchev–Trinajstić information content (AvgIpc) is 2.83. The molecule has 1 aromatic rings. The van der Waals surface area contributed by atoms with Gasteiger partial charge in [-0.3, -0.25) is 14.9 Å². The molecule has 7 nitrogen and oxygen atoms in total. The summed E-state index contributed by atoms with van der Waals surface area (Å²) >= 11 is 0. The highest BCUT2D eigenvalue weighted by Gasteiger charge is 2.34. The van der Waals surface area contributed by atoms with E-state index in [1.807, 2.05) is 11.4 Å². The number of carbonyl (C=O) groups is 3. The fraction of sp³-hybridized carbons (Fsp3) is 0.353. The number of carbonyl (C=O) groups excluding carboxylic acids is 3. The van der Waals surface area contributed by atoms with E-state index in [2.05, 4.69) is 17.2 Å². The van der Waals surface area contributed by atoms with Gasteiger partial charge in [-0.25, -0.2) is 4.79 Å². The number of benzene rings is 1. The third-order valence-corrected chi connectivity index (χ3v) is 3.68. The van der Waals surface area contributed by atoms with Crippen LogP contribution in [0.15, 0.2) is 18.2 Å². The summed E-state index contributed by atoms with van der Waals surface area (Å²) in [5.74, 6) is 6.10. The zero-order valence-corrected chi connectivity index (χ0v) is 13.8. The van der Waals surface area contributed by atoms with E-state index in [9.17, 15) is 14.4 Å². The highest BCUT2D eigenvalue weighted by molar-refractivity contribution is 5.99. The van der Waals surface area contributed by atoms with Gasteiger partial charge in [-0.2, -0.15) is 0 Å². The average molecular weight is 329 g/mol. The van der Waals surface area contributed by atoms with E-state index in [4.69, 9.17) is 4.74 Å². The van der Waals surface area contributed by atoms with Crippen LogP contribution in [0.5, 0.6) is 5.75 Å². The predicted molar refractivity (Wildman–Crippen MR) is 87.3 cm³/mol. The Hall–Kier alpha value is -3.01. The third-order valence-electron chi connectivity index (χ3n) is 3.68. The molecule has 24 heavy (non-hydrogen) atoms. The van der Waals surface area contributed by atoms with Gasteiger partial charge < -0.3 is 15.0 Å². The lowest BCUT2D eigenvalue weighted by molar-refractivity contribution is -0.108. The summed E-state index contributed by atoms with van der Waals surface area (Å²) in [6.07, 6.45) is 0.290. The van der Waals surface area contributed by atoms with Crippen molar-refractivity contribution in [3.63, 3.8) is 0 Å². The lowest BCUT2D eigenvalue weighted by atomic mass is 10.0. The zero-order valence-electron chi connectivity index (χ0n) is 13.8. The number of hydrogen-bond donors (Lipinski definition) is 2. The van der Waals surface area contributed by atoms with Gasteiger partial charge in [0.25, 0.3) is 5.91 Å². The summed E-state index contributed by atoms with van der Waals surface area (Å²) in [5.41, 5.74) is 0.493. The lowest BCUT2D eigenvalue weighted by Crippen LogP contribution is -2.55. The molecular formula is C17H19N3O4. The minimum Gasteiger partial charge on any atom is -0.497 e. The minimum atomic E-state index is -0.983. The maximum absolute atomic E-state index is 12.6. The van der Waals surface area contributed by atoms with E-state index in [0.29, 0.717) is 17.9 Å². The van der Waals surface area contributed by atoms with Crippen LogP contribution in [-0.4, -0.2) is 42.4 Å². The first-order valence-electron chi connectivity index (χ1n) is 7.35.